The van der Waals surface area contributed by atoms with E-state index in [0.717, 1.165) is 6.08 Å². The first kappa shape index (κ1) is 13.2. The molecule has 6 heteroatoms. The highest BCUT2D eigenvalue weighted by Crippen LogP contribution is 2.23. The Kier molecular flexibility index (Phi) is 3.55. The molecule has 0 aromatic carbocycles. The molecule has 0 bridgehead atoms. The van der Waals surface area contributed by atoms with Gasteiger partial charge < -0.3 is 14.4 Å². The quantitative estimate of drug-likeness (QED) is 0.396. The number of hydrogen-bond acceptors (Lipinski definition) is 6. The van der Waals surface area contributed by atoms with Crippen molar-refractivity contribution in [3.63, 3.8) is 0 Å². The topological polar surface area (TPSA) is 72.9 Å². The number of nitrogens with zero attached hydrogens (tertiary/aromatic N) is 1. The van der Waals surface area contributed by atoms with Crippen LogP contribution in [0.4, 0.5) is 0 Å². The fourth-order valence-electron chi connectivity index (χ4n) is 1.27. The van der Waals surface area contributed by atoms with Crippen molar-refractivity contribution in [3.05, 3.63) is 12.3 Å². The van der Waals surface area contributed by atoms with Crippen LogP contribution >= 0.6 is 0 Å². The van der Waals surface area contributed by atoms with Gasteiger partial charge in [0.1, 0.15) is 0 Å². The lowest BCUT2D eigenvalue weighted by atomic mass is 10.0. The maximum Gasteiger partial charge on any atom is 0.331 e. The number of carbonyl (C=O) groups is 3. The molecule has 0 aromatic heterocycles. The van der Waals surface area contributed by atoms with Gasteiger partial charge in [0, 0.05) is 34.1 Å². The van der Waals surface area contributed by atoms with E-state index >= 15 is 0 Å². The molecular formula is C11H15NO5. The monoisotopic (exact) mass is 241 g/mol. The second kappa shape index (κ2) is 4.57. The molecule has 0 spiro atoms. The molecule has 0 saturated carbocycles. The molecule has 1 rings (SSSR count). The summed E-state index contributed by atoms with van der Waals surface area (Å²) < 4.78 is 9.67. The lowest BCUT2D eigenvalue weighted by molar-refractivity contribution is -0.238. The van der Waals surface area contributed by atoms with Gasteiger partial charge in [0.05, 0.1) is 0 Å². The van der Waals surface area contributed by atoms with E-state index in [0.29, 0.717) is 0 Å². The van der Waals surface area contributed by atoms with E-state index in [4.69, 9.17) is 9.47 Å². The molecule has 1 aliphatic rings. The zero-order valence-corrected chi connectivity index (χ0v) is 10.2. The second-order valence-corrected chi connectivity index (χ2v) is 4.36. The summed E-state index contributed by atoms with van der Waals surface area (Å²) in [4.78, 5) is 36.3. The van der Waals surface area contributed by atoms with Gasteiger partial charge in [0.25, 0.3) is 5.79 Å². The zero-order valence-electron chi connectivity index (χ0n) is 10.2. The molecular weight excluding hydrogens is 226 g/mol. The number of ketones is 1. The normalized spacial score (nSPS) is 20.0. The highest BCUT2D eigenvalue weighted by Gasteiger charge is 2.46. The van der Waals surface area contributed by atoms with Crippen LogP contribution in [0.25, 0.3) is 0 Å². The van der Waals surface area contributed by atoms with Gasteiger partial charge in [-0.2, -0.15) is 0 Å². The third-order valence-electron chi connectivity index (χ3n) is 1.99. The summed E-state index contributed by atoms with van der Waals surface area (Å²) >= 11 is 0. The summed E-state index contributed by atoms with van der Waals surface area (Å²) in [6, 6.07) is 0. The summed E-state index contributed by atoms with van der Waals surface area (Å²) in [5.41, 5.74) is 0. The van der Waals surface area contributed by atoms with Crippen molar-refractivity contribution in [1.82, 2.24) is 4.90 Å². The van der Waals surface area contributed by atoms with E-state index in [9.17, 15) is 14.4 Å². The van der Waals surface area contributed by atoms with Crippen molar-refractivity contribution in [3.8, 4) is 0 Å². The Bertz CT molecular complexity index is 363. The van der Waals surface area contributed by atoms with E-state index in [-0.39, 0.29) is 0 Å². The van der Waals surface area contributed by atoms with Crippen molar-refractivity contribution in [2.24, 2.45) is 5.92 Å². The summed E-state index contributed by atoms with van der Waals surface area (Å²) in [5.74, 6) is -5.22. The Labute approximate surface area is 99.2 Å². The van der Waals surface area contributed by atoms with E-state index < -0.39 is 29.4 Å². The first-order valence-corrected chi connectivity index (χ1v) is 5.07. The number of ether oxygens (including phenoxy) is 2. The first-order valence-electron chi connectivity index (χ1n) is 5.07. The Morgan fingerprint density at radius 2 is 1.71 bits per heavy atom. The van der Waals surface area contributed by atoms with Crippen LogP contribution in [0.15, 0.2) is 12.3 Å². The van der Waals surface area contributed by atoms with Crippen molar-refractivity contribution in [1.29, 1.82) is 0 Å². The largest absolute Gasteiger partial charge is 0.422 e. The third-order valence-corrected chi connectivity index (χ3v) is 1.99. The van der Waals surface area contributed by atoms with Gasteiger partial charge in [-0.1, -0.05) is 0 Å². The van der Waals surface area contributed by atoms with E-state index in [2.05, 4.69) is 0 Å². The van der Waals surface area contributed by atoms with Crippen LogP contribution in [-0.4, -0.2) is 42.5 Å². The SMILES string of the molecule is CN(C)C=CC(=O)C1C(=O)OC(C)(C)OC1=O. The van der Waals surface area contributed by atoms with Gasteiger partial charge in [-0.25, -0.2) is 0 Å². The molecule has 1 aliphatic heterocycles. The molecule has 1 saturated heterocycles. The second-order valence-electron chi connectivity index (χ2n) is 4.36. The fraction of sp³-hybridized carbons (Fsp3) is 0.545. The molecule has 0 atom stereocenters. The molecule has 0 aliphatic carbocycles. The molecule has 94 valence electrons. The highest BCUT2D eigenvalue weighted by molar-refractivity contribution is 6.19. The zero-order chi connectivity index (χ0) is 13.2. The molecule has 6 nitrogen and oxygen atoms in total. The van der Waals surface area contributed by atoms with Crippen LogP contribution in [0.5, 0.6) is 0 Å². The maximum absolute atomic E-state index is 11.6. The van der Waals surface area contributed by atoms with E-state index in [1.807, 2.05) is 0 Å². The van der Waals surface area contributed by atoms with Crippen molar-refractivity contribution >= 4 is 17.7 Å². The van der Waals surface area contributed by atoms with E-state index in [1.54, 1.807) is 19.0 Å². The minimum atomic E-state index is -1.51. The maximum atomic E-state index is 11.6. The number of esters is 2. The van der Waals surface area contributed by atoms with Crippen LogP contribution in [0.2, 0.25) is 0 Å². The van der Waals surface area contributed by atoms with Gasteiger partial charge in [-0.15, -0.1) is 0 Å². The molecule has 1 heterocycles. The van der Waals surface area contributed by atoms with Gasteiger partial charge in [0.15, 0.2) is 5.78 Å². The third kappa shape index (κ3) is 3.30. The van der Waals surface area contributed by atoms with Crippen LogP contribution in [0.3, 0.4) is 0 Å². The number of allylic oxidation sites excluding steroid dienone is 1. The Morgan fingerprint density at radius 3 is 2.12 bits per heavy atom. The predicted molar refractivity (Wildman–Crippen MR) is 57.6 cm³/mol. The van der Waals surface area contributed by atoms with Crippen LogP contribution in [0.1, 0.15) is 13.8 Å². The van der Waals surface area contributed by atoms with Crippen molar-refractivity contribution in [2.75, 3.05) is 14.1 Å². The Balaban J connectivity index is 2.82. The molecule has 0 aromatic rings. The highest BCUT2D eigenvalue weighted by atomic mass is 16.7. The van der Waals surface area contributed by atoms with Crippen LogP contribution < -0.4 is 0 Å². The van der Waals surface area contributed by atoms with Gasteiger partial charge in [-0.3, -0.25) is 14.4 Å². The standard InChI is InChI=1S/C11H15NO5/c1-11(2)16-9(14)8(10(15)17-11)7(13)5-6-12(3)4/h5-6,8H,1-4H3. The number of carbonyl (C=O) groups excluding carboxylic acids is 3. The summed E-state index contributed by atoms with van der Waals surface area (Å²) in [7, 11) is 3.43. The van der Waals surface area contributed by atoms with Gasteiger partial charge in [-0.05, 0) is 6.08 Å². The molecule has 0 N–H and O–H groups in total. The molecule has 0 unspecified atom stereocenters. The lowest BCUT2D eigenvalue weighted by Gasteiger charge is -2.31. The summed E-state index contributed by atoms with van der Waals surface area (Å²) in [5, 5.41) is 0. The minimum Gasteiger partial charge on any atom is -0.422 e. The first-order chi connectivity index (χ1) is 7.73. The van der Waals surface area contributed by atoms with Gasteiger partial charge >= 0.3 is 11.9 Å². The van der Waals surface area contributed by atoms with Crippen LogP contribution in [0, 0.1) is 5.92 Å². The molecule has 1 fully saturated rings. The smallest absolute Gasteiger partial charge is 0.331 e. The number of rotatable bonds is 3. The molecule has 0 radical (unpaired) electrons. The van der Waals surface area contributed by atoms with Crippen molar-refractivity contribution < 1.29 is 23.9 Å². The molecule has 0 amide bonds. The number of hydrogen-bond donors (Lipinski definition) is 0. The molecule has 17 heavy (non-hydrogen) atoms. The average Bonchev–Trinajstić information content (AvgIpc) is 2.11. The number of cyclic esters (lactones) is 2. The average molecular weight is 241 g/mol. The lowest BCUT2D eigenvalue weighted by Crippen LogP contribution is -2.48. The minimum absolute atomic E-state index is 0.649. The van der Waals surface area contributed by atoms with E-state index in [1.165, 1.54) is 20.0 Å². The Morgan fingerprint density at radius 1 is 1.24 bits per heavy atom. The fourth-order valence-corrected chi connectivity index (χ4v) is 1.27. The van der Waals surface area contributed by atoms with Gasteiger partial charge in [0.2, 0.25) is 5.92 Å². The van der Waals surface area contributed by atoms with Crippen molar-refractivity contribution in [2.45, 2.75) is 19.6 Å². The summed E-state index contributed by atoms with van der Waals surface area (Å²) in [6.45, 7) is 2.86. The predicted octanol–water partition coefficient (Wildman–Crippen LogP) is 0.0831. The summed E-state index contributed by atoms with van der Waals surface area (Å²) in [6.07, 6.45) is 2.59. The Hall–Kier alpha value is -1.85. The van der Waals surface area contributed by atoms with Crippen LogP contribution in [-0.2, 0) is 23.9 Å².